The molecule has 0 N–H and O–H groups in total. The minimum absolute atomic E-state index is 0.976. The molecule has 2 aliphatic rings. The molecule has 1 aromatic carbocycles. The zero-order chi connectivity index (χ0) is 8.67. The third-order valence-corrected chi connectivity index (χ3v) is 2.19. The number of nitrogens with zero attached hydrogens (tertiary/aromatic N) is 2. The summed E-state index contributed by atoms with van der Waals surface area (Å²) in [5.74, 6) is 0. The Labute approximate surface area is 75.6 Å². The summed E-state index contributed by atoms with van der Waals surface area (Å²) < 4.78 is 0. The maximum Gasteiger partial charge on any atom is 0.0980 e. The molecule has 3 rings (SSSR count). The van der Waals surface area contributed by atoms with Crippen molar-refractivity contribution in [3.8, 4) is 0 Å². The van der Waals surface area contributed by atoms with Crippen molar-refractivity contribution in [1.82, 2.24) is 5.32 Å². The number of hydrogen-bond acceptors (Lipinski definition) is 1. The van der Waals surface area contributed by atoms with Crippen molar-refractivity contribution in [2.75, 3.05) is 0 Å². The minimum Gasteiger partial charge on any atom is -0.254 e. The first-order valence-corrected chi connectivity index (χ1v) is 4.21. The highest BCUT2D eigenvalue weighted by Gasteiger charge is 2.13. The molecule has 1 radical (unpaired) electrons. The van der Waals surface area contributed by atoms with Gasteiger partial charge in [-0.05, 0) is 18.2 Å². The molecule has 2 heterocycles. The van der Waals surface area contributed by atoms with E-state index in [1.807, 2.05) is 30.4 Å². The van der Waals surface area contributed by atoms with Gasteiger partial charge in [-0.1, -0.05) is 18.2 Å². The summed E-state index contributed by atoms with van der Waals surface area (Å²) in [7, 11) is 0. The fraction of sp³-hybridized carbons (Fsp3) is 0. The highest BCUT2D eigenvalue weighted by Crippen LogP contribution is 2.14. The number of benzene rings is 1. The van der Waals surface area contributed by atoms with Crippen LogP contribution in [0, 0.1) is 0 Å². The van der Waals surface area contributed by atoms with Crippen LogP contribution in [0.2, 0.25) is 0 Å². The molecule has 0 aliphatic carbocycles. The quantitative estimate of drug-likeness (QED) is 0.536. The summed E-state index contributed by atoms with van der Waals surface area (Å²) in [5.41, 5.74) is 1.97. The van der Waals surface area contributed by atoms with Gasteiger partial charge in [0.2, 0.25) is 0 Å². The normalized spacial score (nSPS) is 16.9. The molecule has 61 valence electrons. The van der Waals surface area contributed by atoms with Gasteiger partial charge in [-0.3, -0.25) is 5.32 Å². The highest BCUT2D eigenvalue weighted by atomic mass is 14.9. The van der Waals surface area contributed by atoms with Crippen LogP contribution in [0.3, 0.4) is 0 Å². The van der Waals surface area contributed by atoms with Crippen LogP contribution in [0.1, 0.15) is 0 Å². The zero-order valence-electron chi connectivity index (χ0n) is 6.94. The number of hydrogen-bond donors (Lipinski definition) is 0. The van der Waals surface area contributed by atoms with Crippen molar-refractivity contribution in [2.24, 2.45) is 4.99 Å². The average molecular weight is 167 g/mol. The summed E-state index contributed by atoms with van der Waals surface area (Å²) >= 11 is 0. The van der Waals surface area contributed by atoms with Crippen molar-refractivity contribution in [2.45, 2.75) is 0 Å². The highest BCUT2D eigenvalue weighted by molar-refractivity contribution is 5.66. The molecule has 0 amide bonds. The van der Waals surface area contributed by atoms with E-state index in [0.717, 1.165) is 22.0 Å². The van der Waals surface area contributed by atoms with E-state index in [9.17, 15) is 0 Å². The molecule has 13 heavy (non-hydrogen) atoms. The smallest absolute Gasteiger partial charge is 0.0980 e. The number of fused-ring (bicyclic) bond motifs is 2. The Kier molecular flexibility index (Phi) is 1.19. The van der Waals surface area contributed by atoms with Crippen molar-refractivity contribution >= 4 is 5.70 Å². The van der Waals surface area contributed by atoms with Gasteiger partial charge in [0.15, 0.2) is 0 Å². The van der Waals surface area contributed by atoms with Gasteiger partial charge < -0.3 is 0 Å². The summed E-state index contributed by atoms with van der Waals surface area (Å²) in [4.78, 5) is 4.45. The lowest BCUT2D eigenvalue weighted by atomic mass is 10.2. The molecule has 1 aromatic rings. The van der Waals surface area contributed by atoms with Gasteiger partial charge in [0.25, 0.3) is 0 Å². The average Bonchev–Trinajstić information content (AvgIpc) is 2.56. The van der Waals surface area contributed by atoms with Crippen molar-refractivity contribution in [1.29, 1.82) is 0 Å². The Morgan fingerprint density at radius 2 is 2.00 bits per heavy atom. The molecular formula is C11H7N2. The molecule has 0 saturated heterocycles. The molecule has 0 fully saturated rings. The lowest BCUT2D eigenvalue weighted by molar-refractivity contribution is 1.14. The van der Waals surface area contributed by atoms with E-state index in [-0.39, 0.29) is 0 Å². The van der Waals surface area contributed by atoms with Crippen LogP contribution in [-0.4, -0.2) is 0 Å². The van der Waals surface area contributed by atoms with Gasteiger partial charge >= 0.3 is 0 Å². The first-order chi connectivity index (χ1) is 6.45. The van der Waals surface area contributed by atoms with Crippen molar-refractivity contribution in [3.63, 3.8) is 0 Å². The summed E-state index contributed by atoms with van der Waals surface area (Å²) in [6.45, 7) is 0. The second-order valence-corrected chi connectivity index (χ2v) is 3.00. The van der Waals surface area contributed by atoms with Crippen LogP contribution in [0.5, 0.6) is 0 Å². The van der Waals surface area contributed by atoms with Crippen LogP contribution in [0.25, 0.3) is 5.70 Å². The molecule has 2 nitrogen and oxygen atoms in total. The van der Waals surface area contributed by atoms with Crippen LogP contribution in [0.15, 0.2) is 53.3 Å². The van der Waals surface area contributed by atoms with Gasteiger partial charge in [-0.25, -0.2) is 4.99 Å². The van der Waals surface area contributed by atoms with Gasteiger partial charge in [-0.15, -0.1) is 0 Å². The Balaban J connectivity index is 2.46. The maximum absolute atomic E-state index is 4.45. The monoisotopic (exact) mass is 167 g/mol. The van der Waals surface area contributed by atoms with Crippen LogP contribution >= 0.6 is 0 Å². The topological polar surface area (TPSA) is 26.5 Å². The number of allylic oxidation sites excluding steroid dienone is 2. The molecule has 0 atom stereocenters. The predicted octanol–water partition coefficient (Wildman–Crippen LogP) is 0.444. The van der Waals surface area contributed by atoms with Crippen molar-refractivity contribution < 1.29 is 0 Å². The number of para-hydroxylation sites is 1. The third-order valence-electron chi connectivity index (χ3n) is 2.19. The Morgan fingerprint density at radius 1 is 1.08 bits per heavy atom. The van der Waals surface area contributed by atoms with Crippen LogP contribution in [-0.2, 0) is 0 Å². The maximum atomic E-state index is 4.45. The molecule has 0 bridgehead atoms. The van der Waals surface area contributed by atoms with Crippen molar-refractivity contribution in [3.05, 3.63) is 58.9 Å². The fourth-order valence-electron chi connectivity index (χ4n) is 1.60. The van der Waals surface area contributed by atoms with Crippen LogP contribution < -0.4 is 15.9 Å². The molecule has 2 heteroatoms. The zero-order valence-corrected chi connectivity index (χ0v) is 6.94. The molecule has 2 aliphatic heterocycles. The fourth-order valence-corrected chi connectivity index (χ4v) is 1.60. The standard InChI is InChI=1S/C11H7N2/c1-2-5-9-8(4-1)11-10(13-9)6-3-7-12-11/h1-7H. The molecular weight excluding hydrogens is 160 g/mol. The molecule has 0 unspecified atom stereocenters. The second-order valence-electron chi connectivity index (χ2n) is 3.00. The summed E-state index contributed by atoms with van der Waals surface area (Å²) in [6, 6.07) is 8.07. The van der Waals surface area contributed by atoms with E-state index < -0.39 is 0 Å². The van der Waals surface area contributed by atoms with Gasteiger partial charge in [0.1, 0.15) is 0 Å². The van der Waals surface area contributed by atoms with Crippen LogP contribution in [0.4, 0.5) is 0 Å². The molecule has 0 saturated carbocycles. The van der Waals surface area contributed by atoms with Gasteiger partial charge in [0, 0.05) is 11.4 Å². The van der Waals surface area contributed by atoms with E-state index in [4.69, 9.17) is 0 Å². The Morgan fingerprint density at radius 3 is 3.00 bits per heavy atom. The van der Waals surface area contributed by atoms with Gasteiger partial charge in [0.05, 0.1) is 16.8 Å². The van der Waals surface area contributed by atoms with E-state index >= 15 is 0 Å². The lowest BCUT2D eigenvalue weighted by Crippen LogP contribution is -2.23. The first kappa shape index (κ1) is 6.66. The Hall–Kier alpha value is -1.83. The lowest BCUT2D eigenvalue weighted by Gasteiger charge is -2.03. The first-order valence-electron chi connectivity index (χ1n) is 4.21. The number of rotatable bonds is 0. The summed E-state index contributed by atoms with van der Waals surface area (Å²) in [5, 5.41) is 6.47. The van der Waals surface area contributed by atoms with E-state index in [1.54, 1.807) is 6.20 Å². The minimum atomic E-state index is 0.976. The second kappa shape index (κ2) is 2.33. The van der Waals surface area contributed by atoms with E-state index in [0.29, 0.717) is 0 Å². The van der Waals surface area contributed by atoms with E-state index in [1.165, 1.54) is 0 Å². The SMILES string of the molecule is C1=C[N]C2=c3ccccc3=NC2=C1. The largest absolute Gasteiger partial charge is 0.254 e. The van der Waals surface area contributed by atoms with Gasteiger partial charge in [-0.2, -0.15) is 0 Å². The predicted molar refractivity (Wildman–Crippen MR) is 50.0 cm³/mol. The molecule has 0 spiro atoms. The Bertz CT molecular complexity index is 535. The van der Waals surface area contributed by atoms with E-state index in [2.05, 4.69) is 16.4 Å². The third kappa shape index (κ3) is 0.855. The summed E-state index contributed by atoms with van der Waals surface area (Å²) in [6.07, 6.45) is 5.70. The molecule has 0 aromatic heterocycles.